The molecule has 1 heterocycles. The third-order valence-electron chi connectivity index (χ3n) is 4.53. The van der Waals surface area contributed by atoms with Crippen molar-refractivity contribution in [3.8, 4) is 0 Å². The van der Waals surface area contributed by atoms with E-state index in [0.29, 0.717) is 12.6 Å². The largest absolute Gasteiger partial charge is 0.317 e. The fourth-order valence-corrected chi connectivity index (χ4v) is 3.55. The zero-order valence-electron chi connectivity index (χ0n) is 13.8. The normalized spacial score (nSPS) is 16.4. The van der Waals surface area contributed by atoms with Gasteiger partial charge in [0.15, 0.2) is 5.78 Å². The van der Waals surface area contributed by atoms with E-state index in [1.165, 1.54) is 5.56 Å². The summed E-state index contributed by atoms with van der Waals surface area (Å²) in [7, 11) is 0. The Bertz CT molecular complexity index is 481. The van der Waals surface area contributed by atoms with Gasteiger partial charge in [-0.15, -0.1) is 0 Å². The third kappa shape index (κ3) is 3.92. The van der Waals surface area contributed by atoms with Gasteiger partial charge in [0.25, 0.3) is 0 Å². The van der Waals surface area contributed by atoms with Crippen molar-refractivity contribution in [3.05, 3.63) is 34.4 Å². The van der Waals surface area contributed by atoms with Crippen LogP contribution in [0.1, 0.15) is 46.8 Å². The maximum Gasteiger partial charge on any atom is 0.177 e. The monoisotopic (exact) mass is 288 g/mol. The number of ketones is 1. The van der Waals surface area contributed by atoms with E-state index in [2.05, 4.69) is 36.2 Å². The van der Waals surface area contributed by atoms with Gasteiger partial charge in [-0.25, -0.2) is 0 Å². The van der Waals surface area contributed by atoms with Crippen LogP contribution in [-0.2, 0) is 0 Å². The van der Waals surface area contributed by atoms with Gasteiger partial charge in [-0.2, -0.15) is 0 Å². The molecule has 0 bridgehead atoms. The average Bonchev–Trinajstić information content (AvgIpc) is 2.44. The first-order chi connectivity index (χ1) is 10.0. The predicted octanol–water partition coefficient (Wildman–Crippen LogP) is 2.87. The van der Waals surface area contributed by atoms with Gasteiger partial charge in [0, 0.05) is 11.6 Å². The summed E-state index contributed by atoms with van der Waals surface area (Å²) in [5.74, 6) is 0.269. The molecule has 21 heavy (non-hydrogen) atoms. The molecule has 3 heteroatoms. The second-order valence-electron chi connectivity index (χ2n) is 6.24. The molecule has 116 valence electrons. The van der Waals surface area contributed by atoms with E-state index in [0.717, 1.165) is 49.2 Å². The number of rotatable bonds is 5. The summed E-state index contributed by atoms with van der Waals surface area (Å²) in [6.45, 7) is 12.0. The molecule has 1 aromatic rings. The minimum atomic E-state index is 0.269. The predicted molar refractivity (Wildman–Crippen MR) is 88.1 cm³/mol. The van der Waals surface area contributed by atoms with E-state index in [-0.39, 0.29) is 5.78 Å². The summed E-state index contributed by atoms with van der Waals surface area (Å²) in [5.41, 5.74) is 4.37. The van der Waals surface area contributed by atoms with Crippen LogP contribution in [0.5, 0.6) is 0 Å². The summed E-state index contributed by atoms with van der Waals surface area (Å²) in [6.07, 6.45) is 2.29. The summed E-state index contributed by atoms with van der Waals surface area (Å²) in [4.78, 5) is 15.1. The lowest BCUT2D eigenvalue weighted by atomic mass is 9.95. The van der Waals surface area contributed by atoms with Crippen LogP contribution in [0.3, 0.4) is 0 Å². The Morgan fingerprint density at radius 2 is 1.76 bits per heavy atom. The van der Waals surface area contributed by atoms with Crippen LogP contribution in [0.15, 0.2) is 12.1 Å². The van der Waals surface area contributed by atoms with E-state index in [4.69, 9.17) is 0 Å². The van der Waals surface area contributed by atoms with E-state index < -0.39 is 0 Å². The molecule has 3 nitrogen and oxygen atoms in total. The number of Topliss-reactive ketones (excluding diaryl/α,β-unsaturated/α-hetero) is 1. The van der Waals surface area contributed by atoms with Crippen LogP contribution >= 0.6 is 0 Å². The molecule has 0 radical (unpaired) electrons. The van der Waals surface area contributed by atoms with Crippen molar-refractivity contribution >= 4 is 5.78 Å². The molecular formula is C18H28N2O. The molecule has 1 N–H and O–H groups in total. The Morgan fingerprint density at radius 1 is 1.19 bits per heavy atom. The lowest BCUT2D eigenvalue weighted by Crippen LogP contribution is -2.45. The molecule has 1 saturated heterocycles. The molecule has 1 aliphatic heterocycles. The summed E-state index contributed by atoms with van der Waals surface area (Å²) in [6, 6.07) is 4.77. The first kappa shape index (κ1) is 16.2. The standard InChI is InChI=1S/C18H28N2O/c1-5-20(16-6-8-19-9-7-16)12-17(21)18-14(3)10-13(2)11-15(18)4/h10-11,16,19H,5-9,12H2,1-4H3. The zero-order valence-corrected chi connectivity index (χ0v) is 13.8. The maximum absolute atomic E-state index is 12.8. The third-order valence-corrected chi connectivity index (χ3v) is 4.53. The fourth-order valence-electron chi connectivity index (χ4n) is 3.55. The van der Waals surface area contributed by atoms with Crippen LogP contribution in [0.25, 0.3) is 0 Å². The molecule has 0 aromatic heterocycles. The summed E-state index contributed by atoms with van der Waals surface area (Å²) >= 11 is 0. The molecule has 0 spiro atoms. The Kier molecular flexibility index (Phi) is 5.54. The Hall–Kier alpha value is -1.19. The number of aryl methyl sites for hydroxylation is 3. The van der Waals surface area contributed by atoms with Gasteiger partial charge < -0.3 is 5.32 Å². The minimum Gasteiger partial charge on any atom is -0.317 e. The first-order valence-corrected chi connectivity index (χ1v) is 8.08. The highest BCUT2D eigenvalue weighted by Gasteiger charge is 2.23. The van der Waals surface area contributed by atoms with Gasteiger partial charge in [0.05, 0.1) is 6.54 Å². The molecular weight excluding hydrogens is 260 g/mol. The van der Waals surface area contributed by atoms with Crippen molar-refractivity contribution < 1.29 is 4.79 Å². The van der Waals surface area contributed by atoms with Gasteiger partial charge in [-0.05, 0) is 64.4 Å². The van der Waals surface area contributed by atoms with Crippen LogP contribution in [0.2, 0.25) is 0 Å². The highest BCUT2D eigenvalue weighted by Crippen LogP contribution is 2.19. The first-order valence-electron chi connectivity index (χ1n) is 8.08. The summed E-state index contributed by atoms with van der Waals surface area (Å²) in [5, 5.41) is 3.39. The van der Waals surface area contributed by atoms with E-state index in [1.807, 2.05) is 13.8 Å². The second-order valence-corrected chi connectivity index (χ2v) is 6.24. The molecule has 0 unspecified atom stereocenters. The minimum absolute atomic E-state index is 0.269. The number of benzene rings is 1. The zero-order chi connectivity index (χ0) is 15.4. The SMILES string of the molecule is CCN(CC(=O)c1c(C)cc(C)cc1C)C1CCNCC1. The van der Waals surface area contributed by atoms with Crippen molar-refractivity contribution in [1.82, 2.24) is 10.2 Å². The number of nitrogens with one attached hydrogen (secondary N) is 1. The second kappa shape index (κ2) is 7.19. The summed E-state index contributed by atoms with van der Waals surface area (Å²) < 4.78 is 0. The number of hydrogen-bond acceptors (Lipinski definition) is 3. The van der Waals surface area contributed by atoms with Gasteiger partial charge in [0.1, 0.15) is 0 Å². The number of hydrogen-bond donors (Lipinski definition) is 1. The number of nitrogens with zero attached hydrogens (tertiary/aromatic N) is 1. The Morgan fingerprint density at radius 3 is 2.29 bits per heavy atom. The molecule has 2 rings (SSSR count). The molecule has 1 aliphatic rings. The maximum atomic E-state index is 12.8. The van der Waals surface area contributed by atoms with Crippen molar-refractivity contribution in [3.63, 3.8) is 0 Å². The highest BCUT2D eigenvalue weighted by molar-refractivity contribution is 6.00. The van der Waals surface area contributed by atoms with Gasteiger partial charge in [-0.1, -0.05) is 24.6 Å². The average molecular weight is 288 g/mol. The molecule has 1 aromatic carbocycles. The van der Waals surface area contributed by atoms with Crippen LogP contribution in [-0.4, -0.2) is 42.9 Å². The molecule has 0 saturated carbocycles. The van der Waals surface area contributed by atoms with Crippen molar-refractivity contribution in [2.45, 2.75) is 46.6 Å². The quantitative estimate of drug-likeness (QED) is 0.846. The highest BCUT2D eigenvalue weighted by atomic mass is 16.1. The van der Waals surface area contributed by atoms with Crippen molar-refractivity contribution in [2.75, 3.05) is 26.2 Å². The van der Waals surface area contributed by atoms with E-state index >= 15 is 0 Å². The fraction of sp³-hybridized carbons (Fsp3) is 0.611. The van der Waals surface area contributed by atoms with Crippen LogP contribution < -0.4 is 5.32 Å². The van der Waals surface area contributed by atoms with Crippen LogP contribution in [0, 0.1) is 20.8 Å². The van der Waals surface area contributed by atoms with Gasteiger partial charge >= 0.3 is 0 Å². The number of carbonyl (C=O) groups excluding carboxylic acids is 1. The topological polar surface area (TPSA) is 32.3 Å². The number of likely N-dealkylation sites (N-methyl/N-ethyl adjacent to an activating group) is 1. The Labute approximate surface area is 128 Å². The number of piperidine rings is 1. The van der Waals surface area contributed by atoms with Gasteiger partial charge in [0.2, 0.25) is 0 Å². The smallest absolute Gasteiger partial charge is 0.177 e. The molecule has 0 amide bonds. The van der Waals surface area contributed by atoms with E-state index in [9.17, 15) is 4.79 Å². The molecule has 0 aliphatic carbocycles. The lowest BCUT2D eigenvalue weighted by Gasteiger charge is -2.33. The molecule has 1 fully saturated rings. The van der Waals surface area contributed by atoms with Gasteiger partial charge in [-0.3, -0.25) is 9.69 Å². The molecule has 0 atom stereocenters. The number of carbonyl (C=O) groups is 1. The van der Waals surface area contributed by atoms with Crippen molar-refractivity contribution in [1.29, 1.82) is 0 Å². The van der Waals surface area contributed by atoms with E-state index in [1.54, 1.807) is 0 Å². The van der Waals surface area contributed by atoms with Crippen LogP contribution in [0.4, 0.5) is 0 Å². The van der Waals surface area contributed by atoms with Crippen molar-refractivity contribution in [2.24, 2.45) is 0 Å². The lowest BCUT2D eigenvalue weighted by molar-refractivity contribution is 0.0873. The Balaban J connectivity index is 2.12.